The number of cyclic esters (lactones) is 1. The van der Waals surface area contributed by atoms with Crippen molar-refractivity contribution in [1.82, 2.24) is 0 Å². The van der Waals surface area contributed by atoms with E-state index >= 15 is 0 Å². The van der Waals surface area contributed by atoms with E-state index in [1.807, 2.05) is 12.2 Å². The van der Waals surface area contributed by atoms with Crippen LogP contribution in [0, 0.1) is 17.3 Å². The largest absolute Gasteiger partial charge is 0.465 e. The lowest BCUT2D eigenvalue weighted by atomic mass is 9.53. The molecule has 1 aliphatic heterocycles. The van der Waals surface area contributed by atoms with Crippen LogP contribution in [-0.2, 0) is 23.8 Å². The van der Waals surface area contributed by atoms with E-state index in [0.717, 1.165) is 0 Å². The van der Waals surface area contributed by atoms with E-state index in [1.54, 1.807) is 0 Å². The lowest BCUT2D eigenvalue weighted by molar-refractivity contribution is -0.283. The van der Waals surface area contributed by atoms with E-state index < -0.39 is 11.2 Å². The molecule has 0 N–H and O–H groups in total. The van der Waals surface area contributed by atoms with Gasteiger partial charge in [0.15, 0.2) is 5.78 Å². The van der Waals surface area contributed by atoms with Gasteiger partial charge in [0.05, 0.1) is 17.9 Å². The second kappa shape index (κ2) is 3.65. The highest BCUT2D eigenvalue weighted by Gasteiger charge is 2.69. The van der Waals surface area contributed by atoms with Gasteiger partial charge in [0.2, 0.25) is 5.79 Å². The minimum Gasteiger partial charge on any atom is -0.465 e. The van der Waals surface area contributed by atoms with Gasteiger partial charge in [-0.05, 0) is 12.8 Å². The molecule has 1 spiro atoms. The van der Waals surface area contributed by atoms with Crippen LogP contribution in [0.1, 0.15) is 12.8 Å². The Morgan fingerprint density at radius 1 is 1.33 bits per heavy atom. The van der Waals surface area contributed by atoms with Crippen molar-refractivity contribution >= 4 is 11.8 Å². The van der Waals surface area contributed by atoms with Crippen molar-refractivity contribution in [3.8, 4) is 0 Å². The fraction of sp³-hybridized carbons (Fsp3) is 0.692. The summed E-state index contributed by atoms with van der Waals surface area (Å²) in [6, 6.07) is 0. The van der Waals surface area contributed by atoms with Gasteiger partial charge < -0.3 is 14.2 Å². The molecule has 2 fully saturated rings. The summed E-state index contributed by atoms with van der Waals surface area (Å²) in [7, 11) is 2.92. The molecule has 2 bridgehead atoms. The van der Waals surface area contributed by atoms with Gasteiger partial charge in [-0.25, -0.2) is 0 Å². The molecule has 4 aliphatic rings. The average molecular weight is 252 g/mol. The number of ether oxygens (including phenoxy) is 3. The molecule has 4 rings (SSSR count). The van der Waals surface area contributed by atoms with Crippen LogP contribution in [-0.4, -0.2) is 38.4 Å². The average Bonchev–Trinajstić information content (AvgIpc) is 2.40. The van der Waals surface area contributed by atoms with Crippen LogP contribution in [0.5, 0.6) is 0 Å². The first-order chi connectivity index (χ1) is 8.61. The van der Waals surface area contributed by atoms with Gasteiger partial charge >= 0.3 is 5.97 Å². The van der Waals surface area contributed by atoms with Gasteiger partial charge in [-0.1, -0.05) is 12.2 Å². The summed E-state index contributed by atoms with van der Waals surface area (Å²) < 4.78 is 16.0. The third-order valence-electron chi connectivity index (χ3n) is 4.63. The summed E-state index contributed by atoms with van der Waals surface area (Å²) in [5, 5.41) is 0. The molecule has 0 radical (unpaired) electrons. The monoisotopic (exact) mass is 252 g/mol. The summed E-state index contributed by atoms with van der Waals surface area (Å²) >= 11 is 0. The first kappa shape index (κ1) is 11.9. The maximum absolute atomic E-state index is 12.5. The first-order valence-corrected chi connectivity index (χ1v) is 6.12. The molecule has 1 saturated carbocycles. The Bertz CT molecular complexity index is 437. The van der Waals surface area contributed by atoms with E-state index in [2.05, 4.69) is 0 Å². The van der Waals surface area contributed by atoms with Crippen molar-refractivity contribution in [2.45, 2.75) is 18.6 Å². The van der Waals surface area contributed by atoms with Crippen LogP contribution in [0.3, 0.4) is 0 Å². The zero-order chi connectivity index (χ0) is 13.0. The van der Waals surface area contributed by atoms with E-state index in [4.69, 9.17) is 14.2 Å². The lowest BCUT2D eigenvalue weighted by Crippen LogP contribution is -2.69. The van der Waals surface area contributed by atoms with Crippen molar-refractivity contribution in [2.24, 2.45) is 17.3 Å². The second-order valence-electron chi connectivity index (χ2n) is 5.10. The fourth-order valence-corrected chi connectivity index (χ4v) is 3.77. The van der Waals surface area contributed by atoms with Crippen molar-refractivity contribution in [2.75, 3.05) is 20.8 Å². The maximum atomic E-state index is 12.5. The molecule has 0 amide bonds. The predicted molar refractivity (Wildman–Crippen MR) is 60.5 cm³/mol. The highest BCUT2D eigenvalue weighted by Crippen LogP contribution is 2.58. The minimum absolute atomic E-state index is 0.0825. The number of hydrogen-bond acceptors (Lipinski definition) is 5. The molecule has 18 heavy (non-hydrogen) atoms. The quantitative estimate of drug-likeness (QED) is 0.411. The van der Waals surface area contributed by atoms with E-state index in [-0.39, 0.29) is 23.6 Å². The summed E-state index contributed by atoms with van der Waals surface area (Å²) in [6.07, 6.45) is 4.87. The number of ketones is 1. The number of esters is 1. The number of fused-ring (bicyclic) bond motifs is 1. The molecular weight excluding hydrogens is 236 g/mol. The van der Waals surface area contributed by atoms with Crippen LogP contribution in [0.2, 0.25) is 0 Å². The number of methoxy groups -OCH3 is 2. The summed E-state index contributed by atoms with van der Waals surface area (Å²) in [5.41, 5.74) is -0.711. The SMILES string of the molecule is COC1(OC)C(=O)C2C=C[C@]13CCOC(=O)[C@H]3C2. The van der Waals surface area contributed by atoms with Gasteiger partial charge in [0, 0.05) is 20.1 Å². The highest BCUT2D eigenvalue weighted by molar-refractivity contribution is 5.96. The molecule has 1 unspecified atom stereocenters. The molecule has 5 nitrogen and oxygen atoms in total. The van der Waals surface area contributed by atoms with Crippen molar-refractivity contribution in [3.05, 3.63) is 12.2 Å². The van der Waals surface area contributed by atoms with Crippen LogP contribution >= 0.6 is 0 Å². The molecule has 0 aromatic heterocycles. The molecule has 0 aromatic rings. The minimum atomic E-state index is -1.34. The lowest BCUT2D eigenvalue weighted by Gasteiger charge is -2.57. The van der Waals surface area contributed by atoms with Gasteiger partial charge in [-0.3, -0.25) is 9.59 Å². The van der Waals surface area contributed by atoms with Crippen molar-refractivity contribution in [1.29, 1.82) is 0 Å². The zero-order valence-corrected chi connectivity index (χ0v) is 10.5. The zero-order valence-electron chi connectivity index (χ0n) is 10.5. The second-order valence-corrected chi connectivity index (χ2v) is 5.10. The normalized spacial score (nSPS) is 40.6. The Labute approximate surface area is 105 Å². The molecule has 3 aliphatic carbocycles. The molecule has 0 aromatic carbocycles. The van der Waals surface area contributed by atoms with Gasteiger partial charge in [-0.15, -0.1) is 0 Å². The van der Waals surface area contributed by atoms with Crippen LogP contribution in [0.4, 0.5) is 0 Å². The van der Waals surface area contributed by atoms with Crippen molar-refractivity contribution in [3.63, 3.8) is 0 Å². The number of allylic oxidation sites excluding steroid dienone is 1. The van der Waals surface area contributed by atoms with Gasteiger partial charge in [0.25, 0.3) is 0 Å². The summed E-state index contributed by atoms with van der Waals surface area (Å²) in [5.74, 6) is -2.33. The van der Waals surface area contributed by atoms with Gasteiger partial charge in [0.1, 0.15) is 0 Å². The number of Topliss-reactive ketones (excluding diaryl/α,β-unsaturated/α-hetero) is 1. The third-order valence-corrected chi connectivity index (χ3v) is 4.63. The predicted octanol–water partition coefficient (Wildman–Crippen LogP) is 0.684. The molecule has 5 heteroatoms. The fourth-order valence-electron chi connectivity index (χ4n) is 3.77. The third kappa shape index (κ3) is 1.09. The van der Waals surface area contributed by atoms with E-state index in [0.29, 0.717) is 19.4 Å². The Balaban J connectivity index is 2.19. The molecule has 1 heterocycles. The molecule has 1 saturated heterocycles. The smallest absolute Gasteiger partial charge is 0.310 e. The summed E-state index contributed by atoms with van der Waals surface area (Å²) in [4.78, 5) is 24.4. The van der Waals surface area contributed by atoms with Crippen molar-refractivity contribution < 1.29 is 23.8 Å². The van der Waals surface area contributed by atoms with Crippen LogP contribution in [0.25, 0.3) is 0 Å². The first-order valence-electron chi connectivity index (χ1n) is 6.12. The van der Waals surface area contributed by atoms with E-state index in [9.17, 15) is 9.59 Å². The Morgan fingerprint density at radius 3 is 2.72 bits per heavy atom. The maximum Gasteiger partial charge on any atom is 0.310 e. The highest BCUT2D eigenvalue weighted by atomic mass is 16.7. The molecular formula is C13H16O5. The standard InChI is InChI=1S/C13H16O5/c1-16-13(17-2)10(14)8-3-4-12(13)5-6-18-11(15)9(12)7-8/h3-4,8-9H,5-7H2,1-2H3/t8?,9-,12-/m1/s1. The number of rotatable bonds is 2. The molecule has 98 valence electrons. The number of carbonyl (C=O) groups excluding carboxylic acids is 2. The Kier molecular flexibility index (Phi) is 2.40. The topological polar surface area (TPSA) is 61.8 Å². The summed E-state index contributed by atoms with van der Waals surface area (Å²) in [6.45, 7) is 0.298. The Morgan fingerprint density at radius 2 is 2.06 bits per heavy atom. The Hall–Kier alpha value is -1.20. The van der Waals surface area contributed by atoms with Crippen LogP contribution < -0.4 is 0 Å². The molecule has 3 atom stereocenters. The number of carbonyl (C=O) groups is 2. The van der Waals surface area contributed by atoms with Gasteiger partial charge in [-0.2, -0.15) is 0 Å². The number of hydrogen-bond donors (Lipinski definition) is 0. The van der Waals surface area contributed by atoms with E-state index in [1.165, 1.54) is 14.2 Å². The van der Waals surface area contributed by atoms with Crippen LogP contribution in [0.15, 0.2) is 12.2 Å².